The van der Waals surface area contributed by atoms with Crippen LogP contribution in [0.4, 0.5) is 0 Å². The first-order chi connectivity index (χ1) is 10.1. The van der Waals surface area contributed by atoms with E-state index >= 15 is 0 Å². The zero-order chi connectivity index (χ0) is 14.8. The minimum absolute atomic E-state index is 0.501. The molecule has 2 aromatic rings. The van der Waals surface area contributed by atoms with Gasteiger partial charge in [0.05, 0.1) is 6.20 Å². The molecular formula is C16H22N4O. The van der Waals surface area contributed by atoms with Crippen LogP contribution in [0.5, 0.6) is 5.75 Å². The van der Waals surface area contributed by atoms with Gasteiger partial charge in [-0.15, -0.1) is 0 Å². The van der Waals surface area contributed by atoms with Crippen LogP contribution in [0.25, 0.3) is 0 Å². The first kappa shape index (κ1) is 14.1. The predicted octanol–water partition coefficient (Wildman–Crippen LogP) is 2.16. The maximum Gasteiger partial charge on any atom is 0.138 e. The van der Waals surface area contributed by atoms with E-state index in [2.05, 4.69) is 28.8 Å². The van der Waals surface area contributed by atoms with E-state index < -0.39 is 0 Å². The Morgan fingerprint density at radius 2 is 2.24 bits per heavy atom. The number of aromatic nitrogens is 3. The number of nitrogens with zero attached hydrogens (tertiary/aromatic N) is 4. The Kier molecular flexibility index (Phi) is 3.92. The molecule has 0 fully saturated rings. The van der Waals surface area contributed by atoms with Crippen LogP contribution in [0.1, 0.15) is 30.8 Å². The summed E-state index contributed by atoms with van der Waals surface area (Å²) >= 11 is 0. The van der Waals surface area contributed by atoms with Gasteiger partial charge in [-0.05, 0) is 26.0 Å². The topological polar surface area (TPSA) is 43.2 Å². The minimum atomic E-state index is 0.501. The second-order valence-corrected chi connectivity index (χ2v) is 5.79. The maximum atomic E-state index is 5.81. The second kappa shape index (κ2) is 5.85. The van der Waals surface area contributed by atoms with Crippen LogP contribution in [0.2, 0.25) is 0 Å². The molecule has 0 bridgehead atoms. The molecule has 0 atom stereocenters. The molecule has 1 aliphatic rings. The Labute approximate surface area is 125 Å². The van der Waals surface area contributed by atoms with Crippen molar-refractivity contribution in [2.45, 2.75) is 39.5 Å². The number of aryl methyl sites for hydroxylation is 1. The lowest BCUT2D eigenvalue weighted by Crippen LogP contribution is -2.36. The van der Waals surface area contributed by atoms with Crippen molar-refractivity contribution >= 4 is 0 Å². The molecule has 1 aliphatic heterocycles. The minimum Gasteiger partial charge on any atom is -0.486 e. The maximum absolute atomic E-state index is 5.81. The molecule has 0 spiro atoms. The average molecular weight is 286 g/mol. The number of hydrogen-bond acceptors (Lipinski definition) is 4. The van der Waals surface area contributed by atoms with Gasteiger partial charge >= 0.3 is 0 Å². The van der Waals surface area contributed by atoms with E-state index in [9.17, 15) is 0 Å². The summed E-state index contributed by atoms with van der Waals surface area (Å²) in [6.45, 7) is 7.06. The quantitative estimate of drug-likeness (QED) is 0.864. The summed E-state index contributed by atoms with van der Waals surface area (Å²) in [5.41, 5.74) is 3.72. The van der Waals surface area contributed by atoms with Gasteiger partial charge < -0.3 is 4.74 Å². The van der Waals surface area contributed by atoms with E-state index in [4.69, 9.17) is 4.74 Å². The molecule has 0 saturated heterocycles. The first-order valence-electron chi connectivity index (χ1n) is 7.45. The Morgan fingerprint density at radius 1 is 1.38 bits per heavy atom. The lowest BCUT2D eigenvalue weighted by atomic mass is 10.0. The number of fused-ring (bicyclic) bond motifs is 1. The van der Waals surface area contributed by atoms with Crippen LogP contribution in [0, 0.1) is 0 Å². The number of rotatable bonds is 4. The zero-order valence-corrected chi connectivity index (χ0v) is 12.9. The van der Waals surface area contributed by atoms with Gasteiger partial charge in [0.1, 0.15) is 18.1 Å². The molecule has 0 N–H and O–H groups in total. The lowest BCUT2D eigenvalue weighted by molar-refractivity contribution is 0.199. The molecule has 21 heavy (non-hydrogen) atoms. The van der Waals surface area contributed by atoms with Gasteiger partial charge in [-0.2, -0.15) is 5.10 Å². The highest BCUT2D eigenvalue weighted by Crippen LogP contribution is 2.24. The van der Waals surface area contributed by atoms with E-state index in [1.165, 1.54) is 11.3 Å². The van der Waals surface area contributed by atoms with Crippen molar-refractivity contribution in [3.8, 4) is 5.75 Å². The molecule has 0 unspecified atom stereocenters. The SMILES string of the molecule is CC(C)N1CCc2c(c(COc3cccnc3)nn2C)C1. The molecular weight excluding hydrogens is 264 g/mol. The molecule has 3 heterocycles. The second-order valence-electron chi connectivity index (χ2n) is 5.79. The lowest BCUT2D eigenvalue weighted by Gasteiger charge is -2.30. The van der Waals surface area contributed by atoms with Gasteiger partial charge in [-0.3, -0.25) is 14.6 Å². The van der Waals surface area contributed by atoms with Crippen molar-refractivity contribution in [3.63, 3.8) is 0 Å². The van der Waals surface area contributed by atoms with Crippen molar-refractivity contribution in [1.82, 2.24) is 19.7 Å². The molecule has 0 amide bonds. The molecule has 0 radical (unpaired) electrons. The van der Waals surface area contributed by atoms with E-state index in [0.29, 0.717) is 12.6 Å². The summed E-state index contributed by atoms with van der Waals surface area (Å²) < 4.78 is 7.82. The summed E-state index contributed by atoms with van der Waals surface area (Å²) in [5, 5.41) is 4.65. The fourth-order valence-corrected chi connectivity index (χ4v) is 2.83. The molecule has 5 nitrogen and oxygen atoms in total. The van der Waals surface area contributed by atoms with Crippen LogP contribution >= 0.6 is 0 Å². The first-order valence-corrected chi connectivity index (χ1v) is 7.45. The van der Waals surface area contributed by atoms with Crippen LogP contribution in [-0.2, 0) is 26.6 Å². The van der Waals surface area contributed by atoms with E-state index in [1.807, 2.05) is 23.9 Å². The van der Waals surface area contributed by atoms with Crippen molar-refractivity contribution in [1.29, 1.82) is 0 Å². The molecule has 0 aliphatic carbocycles. The Balaban J connectivity index is 1.77. The average Bonchev–Trinajstić information content (AvgIpc) is 2.82. The van der Waals surface area contributed by atoms with Crippen LogP contribution in [0.3, 0.4) is 0 Å². The third-order valence-corrected chi connectivity index (χ3v) is 4.10. The van der Waals surface area contributed by atoms with Crippen molar-refractivity contribution in [3.05, 3.63) is 41.5 Å². The predicted molar refractivity (Wildman–Crippen MR) is 81.0 cm³/mol. The van der Waals surface area contributed by atoms with Crippen molar-refractivity contribution < 1.29 is 4.74 Å². The van der Waals surface area contributed by atoms with Crippen LogP contribution in [-0.4, -0.2) is 32.3 Å². The smallest absolute Gasteiger partial charge is 0.138 e. The van der Waals surface area contributed by atoms with Gasteiger partial charge in [0.2, 0.25) is 0 Å². The third-order valence-electron chi connectivity index (χ3n) is 4.10. The third kappa shape index (κ3) is 2.93. The van der Waals surface area contributed by atoms with Crippen LogP contribution in [0.15, 0.2) is 24.5 Å². The summed E-state index contributed by atoms with van der Waals surface area (Å²) in [6, 6.07) is 4.36. The number of ether oxygens (including phenoxy) is 1. The Hall–Kier alpha value is -1.88. The summed E-state index contributed by atoms with van der Waals surface area (Å²) in [7, 11) is 2.03. The van der Waals surface area contributed by atoms with E-state index in [0.717, 1.165) is 31.0 Å². The standard InChI is InChI=1S/C16H22N4O/c1-12(2)20-8-6-16-14(10-20)15(18-19(16)3)11-21-13-5-4-7-17-9-13/h4-5,7,9,12H,6,8,10-11H2,1-3H3. The zero-order valence-electron chi connectivity index (χ0n) is 12.9. The monoisotopic (exact) mass is 286 g/mol. The normalized spacial score (nSPS) is 15.2. The molecule has 0 aromatic carbocycles. The van der Waals surface area contributed by atoms with E-state index in [-0.39, 0.29) is 0 Å². The van der Waals surface area contributed by atoms with Gasteiger partial charge in [0.15, 0.2) is 0 Å². The largest absolute Gasteiger partial charge is 0.486 e. The molecule has 5 heteroatoms. The molecule has 3 rings (SSSR count). The summed E-state index contributed by atoms with van der Waals surface area (Å²) in [5.74, 6) is 0.786. The van der Waals surface area contributed by atoms with Gasteiger partial charge in [-0.25, -0.2) is 0 Å². The van der Waals surface area contributed by atoms with Crippen molar-refractivity contribution in [2.24, 2.45) is 7.05 Å². The Bertz CT molecular complexity index is 606. The number of hydrogen-bond donors (Lipinski definition) is 0. The fraction of sp³-hybridized carbons (Fsp3) is 0.500. The molecule has 2 aromatic heterocycles. The highest BCUT2D eigenvalue weighted by molar-refractivity contribution is 5.29. The van der Waals surface area contributed by atoms with Gasteiger partial charge in [0, 0.05) is 50.1 Å². The van der Waals surface area contributed by atoms with Gasteiger partial charge in [-0.1, -0.05) is 0 Å². The van der Waals surface area contributed by atoms with Gasteiger partial charge in [0.25, 0.3) is 0 Å². The van der Waals surface area contributed by atoms with Crippen molar-refractivity contribution in [2.75, 3.05) is 6.54 Å². The summed E-state index contributed by atoms with van der Waals surface area (Å²) in [6.07, 6.45) is 4.54. The highest BCUT2D eigenvalue weighted by atomic mass is 16.5. The van der Waals surface area contributed by atoms with E-state index in [1.54, 1.807) is 12.4 Å². The summed E-state index contributed by atoms with van der Waals surface area (Å²) in [4.78, 5) is 6.55. The Morgan fingerprint density at radius 3 is 2.95 bits per heavy atom. The fourth-order valence-electron chi connectivity index (χ4n) is 2.83. The molecule has 0 saturated carbocycles. The number of pyridine rings is 1. The molecule has 112 valence electrons. The van der Waals surface area contributed by atoms with Crippen LogP contribution < -0.4 is 4.74 Å². The highest BCUT2D eigenvalue weighted by Gasteiger charge is 2.25.